The van der Waals surface area contributed by atoms with Crippen molar-refractivity contribution in [3.05, 3.63) is 11.8 Å². The van der Waals surface area contributed by atoms with E-state index in [2.05, 4.69) is 34.3 Å². The van der Waals surface area contributed by atoms with E-state index in [4.69, 9.17) is 4.42 Å². The monoisotopic (exact) mass is 280 g/mol. The summed E-state index contributed by atoms with van der Waals surface area (Å²) < 4.78 is 5.60. The van der Waals surface area contributed by atoms with Gasteiger partial charge in [0.25, 0.3) is 0 Å². The summed E-state index contributed by atoms with van der Waals surface area (Å²) in [4.78, 5) is 2.44. The SMILES string of the molecule is CCc1nnc(CN2CCCC(CNCC(C)C)C2)o1. The van der Waals surface area contributed by atoms with Crippen LogP contribution in [-0.2, 0) is 13.0 Å². The molecule has 1 aromatic rings. The Bertz CT molecular complexity index is 391. The molecule has 1 fully saturated rings. The van der Waals surface area contributed by atoms with Gasteiger partial charge in [0.1, 0.15) is 0 Å². The molecule has 1 aromatic heterocycles. The number of nitrogens with one attached hydrogen (secondary N) is 1. The quantitative estimate of drug-likeness (QED) is 0.829. The number of aryl methyl sites for hydroxylation is 1. The van der Waals surface area contributed by atoms with Crippen LogP contribution in [0.1, 0.15) is 45.4 Å². The van der Waals surface area contributed by atoms with Gasteiger partial charge >= 0.3 is 0 Å². The molecular formula is C15H28N4O. The van der Waals surface area contributed by atoms with Crippen molar-refractivity contribution in [1.82, 2.24) is 20.4 Å². The molecule has 5 heteroatoms. The van der Waals surface area contributed by atoms with Gasteiger partial charge in [-0.15, -0.1) is 10.2 Å². The zero-order valence-corrected chi connectivity index (χ0v) is 13.1. The maximum Gasteiger partial charge on any atom is 0.230 e. The van der Waals surface area contributed by atoms with Crippen LogP contribution < -0.4 is 5.32 Å². The number of hydrogen-bond donors (Lipinski definition) is 1. The molecule has 2 heterocycles. The zero-order valence-electron chi connectivity index (χ0n) is 13.1. The topological polar surface area (TPSA) is 54.2 Å². The average Bonchev–Trinajstić information content (AvgIpc) is 2.86. The third kappa shape index (κ3) is 4.87. The second kappa shape index (κ2) is 7.74. The fourth-order valence-electron chi connectivity index (χ4n) is 2.72. The molecular weight excluding hydrogens is 252 g/mol. The lowest BCUT2D eigenvalue weighted by molar-refractivity contribution is 0.151. The minimum atomic E-state index is 0.723. The molecule has 114 valence electrons. The predicted molar refractivity (Wildman–Crippen MR) is 79.4 cm³/mol. The van der Waals surface area contributed by atoms with E-state index in [1.54, 1.807) is 0 Å². The van der Waals surface area contributed by atoms with Gasteiger partial charge in [0.05, 0.1) is 6.54 Å². The normalized spacial score (nSPS) is 20.7. The third-order valence-electron chi connectivity index (χ3n) is 3.76. The lowest BCUT2D eigenvalue weighted by Crippen LogP contribution is -2.39. The molecule has 1 unspecified atom stereocenters. The Kier molecular flexibility index (Phi) is 5.98. The summed E-state index contributed by atoms with van der Waals surface area (Å²) >= 11 is 0. The summed E-state index contributed by atoms with van der Waals surface area (Å²) in [5.74, 6) is 2.97. The highest BCUT2D eigenvalue weighted by atomic mass is 16.4. The van der Waals surface area contributed by atoms with Crippen molar-refractivity contribution in [2.45, 2.75) is 46.6 Å². The minimum Gasteiger partial charge on any atom is -0.424 e. The third-order valence-corrected chi connectivity index (χ3v) is 3.76. The maximum atomic E-state index is 5.60. The molecule has 20 heavy (non-hydrogen) atoms. The van der Waals surface area contributed by atoms with E-state index in [1.807, 2.05) is 6.92 Å². The molecule has 0 aromatic carbocycles. The first kappa shape index (κ1) is 15.4. The summed E-state index contributed by atoms with van der Waals surface area (Å²) in [6.07, 6.45) is 3.41. The summed E-state index contributed by atoms with van der Waals surface area (Å²) in [5, 5.41) is 11.7. The Morgan fingerprint density at radius 3 is 2.85 bits per heavy atom. The van der Waals surface area contributed by atoms with E-state index < -0.39 is 0 Å². The molecule has 0 bridgehead atoms. The maximum absolute atomic E-state index is 5.60. The van der Waals surface area contributed by atoms with Crippen LogP contribution in [0.5, 0.6) is 0 Å². The number of rotatable bonds is 7. The van der Waals surface area contributed by atoms with Crippen LogP contribution >= 0.6 is 0 Å². The van der Waals surface area contributed by atoms with Gasteiger partial charge in [-0.05, 0) is 44.3 Å². The number of hydrogen-bond acceptors (Lipinski definition) is 5. The molecule has 0 spiro atoms. The Morgan fingerprint density at radius 1 is 1.35 bits per heavy atom. The number of likely N-dealkylation sites (tertiary alicyclic amines) is 1. The van der Waals surface area contributed by atoms with Crippen molar-refractivity contribution in [1.29, 1.82) is 0 Å². The van der Waals surface area contributed by atoms with E-state index in [-0.39, 0.29) is 0 Å². The minimum absolute atomic E-state index is 0.723. The van der Waals surface area contributed by atoms with Gasteiger partial charge < -0.3 is 9.73 Å². The van der Waals surface area contributed by atoms with Crippen molar-refractivity contribution < 1.29 is 4.42 Å². The van der Waals surface area contributed by atoms with Gasteiger partial charge in [-0.3, -0.25) is 4.90 Å². The van der Waals surface area contributed by atoms with Gasteiger partial charge in [0.2, 0.25) is 11.8 Å². The van der Waals surface area contributed by atoms with Crippen molar-refractivity contribution in [3.8, 4) is 0 Å². The summed E-state index contributed by atoms with van der Waals surface area (Å²) in [6.45, 7) is 11.8. The molecule has 0 amide bonds. The number of aromatic nitrogens is 2. The second-order valence-electron chi connectivity index (χ2n) is 6.24. The van der Waals surface area contributed by atoms with E-state index >= 15 is 0 Å². The zero-order chi connectivity index (χ0) is 14.4. The Hall–Kier alpha value is -0.940. The fraction of sp³-hybridized carbons (Fsp3) is 0.867. The van der Waals surface area contributed by atoms with Crippen LogP contribution in [0.25, 0.3) is 0 Å². The highest BCUT2D eigenvalue weighted by Crippen LogP contribution is 2.17. The molecule has 0 aliphatic carbocycles. The van der Waals surface area contributed by atoms with Crippen LogP contribution in [-0.4, -0.2) is 41.3 Å². The average molecular weight is 280 g/mol. The van der Waals surface area contributed by atoms with E-state index in [0.29, 0.717) is 0 Å². The van der Waals surface area contributed by atoms with E-state index in [9.17, 15) is 0 Å². The van der Waals surface area contributed by atoms with Crippen LogP contribution in [0, 0.1) is 11.8 Å². The first-order chi connectivity index (χ1) is 9.67. The van der Waals surface area contributed by atoms with E-state index in [1.165, 1.54) is 12.8 Å². The largest absolute Gasteiger partial charge is 0.424 e. The Labute approximate surface area is 122 Å². The smallest absolute Gasteiger partial charge is 0.230 e. The van der Waals surface area contributed by atoms with Gasteiger partial charge in [-0.1, -0.05) is 20.8 Å². The second-order valence-corrected chi connectivity index (χ2v) is 6.24. The van der Waals surface area contributed by atoms with Crippen LogP contribution in [0.15, 0.2) is 4.42 Å². The van der Waals surface area contributed by atoms with Crippen molar-refractivity contribution in [2.24, 2.45) is 11.8 Å². The molecule has 0 saturated carbocycles. The first-order valence-corrected chi connectivity index (χ1v) is 7.91. The van der Waals surface area contributed by atoms with Crippen LogP contribution in [0.3, 0.4) is 0 Å². The Morgan fingerprint density at radius 2 is 2.15 bits per heavy atom. The summed E-state index contributed by atoms with van der Waals surface area (Å²) in [5.41, 5.74) is 0. The van der Waals surface area contributed by atoms with Gasteiger partial charge in [0.15, 0.2) is 0 Å². The standard InChI is InChI=1S/C15H28N4O/c1-4-14-17-18-15(20-14)11-19-7-5-6-13(10-19)9-16-8-12(2)3/h12-13,16H,4-11H2,1-3H3. The molecule has 1 saturated heterocycles. The summed E-state index contributed by atoms with van der Waals surface area (Å²) in [6, 6.07) is 0. The number of nitrogens with zero attached hydrogens (tertiary/aromatic N) is 3. The highest BCUT2D eigenvalue weighted by Gasteiger charge is 2.21. The molecule has 1 aliphatic heterocycles. The van der Waals surface area contributed by atoms with Gasteiger partial charge in [-0.25, -0.2) is 0 Å². The van der Waals surface area contributed by atoms with Crippen LogP contribution in [0.2, 0.25) is 0 Å². The van der Waals surface area contributed by atoms with Crippen molar-refractivity contribution in [2.75, 3.05) is 26.2 Å². The predicted octanol–water partition coefficient (Wildman–Crippen LogP) is 2.09. The molecule has 2 rings (SSSR count). The summed E-state index contributed by atoms with van der Waals surface area (Å²) in [7, 11) is 0. The molecule has 5 nitrogen and oxygen atoms in total. The highest BCUT2D eigenvalue weighted by molar-refractivity contribution is 4.83. The first-order valence-electron chi connectivity index (χ1n) is 7.91. The van der Waals surface area contributed by atoms with Crippen molar-refractivity contribution in [3.63, 3.8) is 0 Å². The molecule has 1 atom stereocenters. The molecule has 1 N–H and O–H groups in total. The van der Waals surface area contributed by atoms with Crippen LogP contribution in [0.4, 0.5) is 0 Å². The molecule has 1 aliphatic rings. The fourth-order valence-corrected chi connectivity index (χ4v) is 2.72. The van der Waals surface area contributed by atoms with E-state index in [0.717, 1.165) is 62.8 Å². The number of piperidine rings is 1. The molecule has 0 radical (unpaired) electrons. The lowest BCUT2D eigenvalue weighted by Gasteiger charge is -2.32. The Balaban J connectivity index is 1.75. The van der Waals surface area contributed by atoms with Gasteiger partial charge in [0, 0.05) is 13.0 Å². The van der Waals surface area contributed by atoms with Gasteiger partial charge in [-0.2, -0.15) is 0 Å². The lowest BCUT2D eigenvalue weighted by atomic mass is 9.98. The van der Waals surface area contributed by atoms with Crippen molar-refractivity contribution >= 4 is 0 Å².